The number of H-pyrrole nitrogens is 1. The molecule has 0 aliphatic carbocycles. The monoisotopic (exact) mass is 208 g/mol. The highest BCUT2D eigenvalue weighted by molar-refractivity contribution is 5.32. The van der Waals surface area contributed by atoms with Crippen LogP contribution in [0.3, 0.4) is 0 Å². The Morgan fingerprint density at radius 3 is 2.73 bits per heavy atom. The minimum atomic E-state index is -0.534. The molecule has 0 bridgehead atoms. The van der Waals surface area contributed by atoms with Crippen LogP contribution in [-0.4, -0.2) is 19.7 Å². The van der Waals surface area contributed by atoms with Crippen molar-refractivity contribution in [3.8, 4) is 5.69 Å². The van der Waals surface area contributed by atoms with E-state index in [0.29, 0.717) is 17.1 Å². The Labute approximate surface area is 84.6 Å². The number of rotatable bonds is 1. The minimum absolute atomic E-state index is 0.361. The van der Waals surface area contributed by atoms with Crippen LogP contribution < -0.4 is 5.69 Å². The smallest absolute Gasteiger partial charge is 0.246 e. The molecular weight excluding hydrogens is 199 g/mol. The van der Waals surface area contributed by atoms with Crippen molar-refractivity contribution >= 4 is 0 Å². The summed E-state index contributed by atoms with van der Waals surface area (Å²) < 4.78 is 14.3. The molecule has 1 N–H and O–H groups in total. The maximum absolute atomic E-state index is 12.9. The molecule has 2 heterocycles. The van der Waals surface area contributed by atoms with E-state index in [1.807, 2.05) is 0 Å². The maximum Gasteiger partial charge on any atom is 0.347 e. The summed E-state index contributed by atoms with van der Waals surface area (Å²) in [6.07, 6.45) is 1.30. The molecule has 0 saturated heterocycles. The van der Waals surface area contributed by atoms with Crippen molar-refractivity contribution in [1.82, 2.24) is 19.7 Å². The Morgan fingerprint density at radius 2 is 2.20 bits per heavy atom. The van der Waals surface area contributed by atoms with Gasteiger partial charge in [0, 0.05) is 5.56 Å². The highest BCUT2D eigenvalue weighted by atomic mass is 19.1. The third-order valence-corrected chi connectivity index (χ3v) is 2.10. The number of aromatic amines is 1. The summed E-state index contributed by atoms with van der Waals surface area (Å²) in [7, 11) is 0. The molecule has 0 fully saturated rings. The van der Waals surface area contributed by atoms with Crippen molar-refractivity contribution in [2.75, 3.05) is 0 Å². The summed E-state index contributed by atoms with van der Waals surface area (Å²) >= 11 is 0. The van der Waals surface area contributed by atoms with Crippen molar-refractivity contribution < 1.29 is 4.39 Å². The maximum atomic E-state index is 12.9. The van der Waals surface area contributed by atoms with Gasteiger partial charge in [0.15, 0.2) is 0 Å². The molecule has 5 nitrogen and oxygen atoms in total. The topological polar surface area (TPSA) is 63.6 Å². The number of halogens is 1. The molecule has 15 heavy (non-hydrogen) atoms. The van der Waals surface area contributed by atoms with E-state index in [1.165, 1.54) is 10.8 Å². The van der Waals surface area contributed by atoms with Crippen molar-refractivity contribution in [2.24, 2.45) is 0 Å². The molecule has 0 atom stereocenters. The average molecular weight is 208 g/mol. The zero-order valence-electron chi connectivity index (χ0n) is 8.28. The Balaban J connectivity index is 2.65. The van der Waals surface area contributed by atoms with Crippen molar-refractivity contribution in [2.45, 2.75) is 13.8 Å². The van der Waals surface area contributed by atoms with Crippen LogP contribution >= 0.6 is 0 Å². The summed E-state index contributed by atoms with van der Waals surface area (Å²) in [6.45, 7) is 3.27. The first-order valence-corrected chi connectivity index (χ1v) is 4.36. The van der Waals surface area contributed by atoms with Crippen LogP contribution in [0.15, 0.2) is 17.1 Å². The van der Waals surface area contributed by atoms with E-state index < -0.39 is 5.95 Å². The molecular formula is C9H9FN4O. The summed E-state index contributed by atoms with van der Waals surface area (Å²) in [5, 5.41) is 6.05. The molecule has 2 aromatic heterocycles. The van der Waals surface area contributed by atoms with Gasteiger partial charge in [-0.05, 0) is 19.9 Å². The van der Waals surface area contributed by atoms with E-state index >= 15 is 0 Å². The van der Waals surface area contributed by atoms with Crippen LogP contribution in [0.5, 0.6) is 0 Å². The molecule has 0 spiro atoms. The standard InChI is InChI=1S/C9H9FN4O/c1-5-3-7(4-11-8(5)10)14-6(2)12-13-9(14)15/h3-4H,1-2H3,(H,13,15). The van der Waals surface area contributed by atoms with Gasteiger partial charge in [0.1, 0.15) is 5.82 Å². The summed E-state index contributed by atoms with van der Waals surface area (Å²) in [6, 6.07) is 1.55. The number of aromatic nitrogens is 4. The first-order valence-electron chi connectivity index (χ1n) is 4.36. The fourth-order valence-corrected chi connectivity index (χ4v) is 1.35. The van der Waals surface area contributed by atoms with Crippen LogP contribution in [0.1, 0.15) is 11.4 Å². The van der Waals surface area contributed by atoms with Crippen LogP contribution in [0.25, 0.3) is 5.69 Å². The number of nitrogens with zero attached hydrogens (tertiary/aromatic N) is 3. The van der Waals surface area contributed by atoms with Gasteiger partial charge in [-0.2, -0.15) is 9.49 Å². The molecule has 6 heteroatoms. The van der Waals surface area contributed by atoms with Crippen LogP contribution in [0.2, 0.25) is 0 Å². The largest absolute Gasteiger partial charge is 0.347 e. The van der Waals surface area contributed by atoms with Crippen LogP contribution in [0, 0.1) is 19.8 Å². The molecule has 0 saturated carbocycles. The SMILES string of the molecule is Cc1cc(-n2c(C)n[nH]c2=O)cnc1F. The summed E-state index contributed by atoms with van der Waals surface area (Å²) in [5.74, 6) is -0.0271. The quantitative estimate of drug-likeness (QED) is 0.702. The van der Waals surface area contributed by atoms with Crippen molar-refractivity contribution in [3.63, 3.8) is 0 Å². The van der Waals surface area contributed by atoms with Crippen LogP contribution in [0.4, 0.5) is 4.39 Å². The molecule has 2 aromatic rings. The lowest BCUT2D eigenvalue weighted by Gasteiger charge is -2.03. The van der Waals surface area contributed by atoms with E-state index in [2.05, 4.69) is 15.2 Å². The van der Waals surface area contributed by atoms with Gasteiger partial charge in [-0.25, -0.2) is 19.4 Å². The number of pyridine rings is 1. The second-order valence-electron chi connectivity index (χ2n) is 3.21. The Bertz CT molecular complexity index is 557. The highest BCUT2D eigenvalue weighted by Crippen LogP contribution is 2.09. The first kappa shape index (κ1) is 9.57. The zero-order chi connectivity index (χ0) is 11.0. The van der Waals surface area contributed by atoms with E-state index in [1.54, 1.807) is 19.9 Å². The van der Waals surface area contributed by atoms with E-state index in [9.17, 15) is 9.18 Å². The highest BCUT2D eigenvalue weighted by Gasteiger charge is 2.08. The lowest BCUT2D eigenvalue weighted by molar-refractivity contribution is 0.573. The normalized spacial score (nSPS) is 10.6. The Morgan fingerprint density at radius 1 is 1.47 bits per heavy atom. The number of hydrogen-bond donors (Lipinski definition) is 1. The molecule has 0 aromatic carbocycles. The van der Waals surface area contributed by atoms with Gasteiger partial charge >= 0.3 is 5.69 Å². The third kappa shape index (κ3) is 1.54. The molecule has 2 rings (SSSR count). The van der Waals surface area contributed by atoms with E-state index in [4.69, 9.17) is 0 Å². The molecule has 0 amide bonds. The van der Waals surface area contributed by atoms with E-state index in [0.717, 1.165) is 0 Å². The van der Waals surface area contributed by atoms with Gasteiger partial charge in [-0.15, -0.1) is 0 Å². The molecule has 78 valence electrons. The number of aryl methyl sites for hydroxylation is 2. The molecule has 0 radical (unpaired) electrons. The van der Waals surface area contributed by atoms with Crippen LogP contribution in [-0.2, 0) is 0 Å². The number of hydrogen-bond acceptors (Lipinski definition) is 3. The summed E-state index contributed by atoms with van der Waals surface area (Å²) in [4.78, 5) is 14.9. The van der Waals surface area contributed by atoms with Crippen molar-refractivity contribution in [1.29, 1.82) is 0 Å². The predicted molar refractivity (Wildman–Crippen MR) is 51.4 cm³/mol. The second kappa shape index (κ2) is 3.30. The van der Waals surface area contributed by atoms with Gasteiger partial charge in [0.2, 0.25) is 5.95 Å². The van der Waals surface area contributed by atoms with Gasteiger partial charge in [-0.3, -0.25) is 0 Å². The average Bonchev–Trinajstić information content (AvgIpc) is 2.52. The van der Waals surface area contributed by atoms with E-state index in [-0.39, 0.29) is 5.69 Å². The predicted octanol–water partition coefficient (Wildman–Crippen LogP) is 0.712. The Kier molecular flexibility index (Phi) is 2.11. The molecule has 0 aliphatic heterocycles. The molecule has 0 unspecified atom stereocenters. The van der Waals surface area contributed by atoms with Crippen molar-refractivity contribution in [3.05, 3.63) is 40.1 Å². The minimum Gasteiger partial charge on any atom is -0.246 e. The summed E-state index contributed by atoms with van der Waals surface area (Å²) in [5.41, 5.74) is 0.533. The van der Waals surface area contributed by atoms with Gasteiger partial charge < -0.3 is 0 Å². The van der Waals surface area contributed by atoms with Gasteiger partial charge in [0.05, 0.1) is 11.9 Å². The fraction of sp³-hybridized carbons (Fsp3) is 0.222. The zero-order valence-corrected chi connectivity index (χ0v) is 8.28. The third-order valence-electron chi connectivity index (χ3n) is 2.10. The Hall–Kier alpha value is -1.98. The lowest BCUT2D eigenvalue weighted by atomic mass is 10.3. The number of nitrogens with one attached hydrogen (secondary N) is 1. The van der Waals surface area contributed by atoms with Gasteiger partial charge in [0.25, 0.3) is 0 Å². The first-order chi connectivity index (χ1) is 7.09. The second-order valence-corrected chi connectivity index (χ2v) is 3.21. The van der Waals surface area contributed by atoms with Gasteiger partial charge in [-0.1, -0.05) is 0 Å². The fourth-order valence-electron chi connectivity index (χ4n) is 1.35. The molecule has 0 aliphatic rings. The lowest BCUT2D eigenvalue weighted by Crippen LogP contribution is -2.16.